The van der Waals surface area contributed by atoms with Gasteiger partial charge in [-0.15, -0.1) is 0 Å². The third kappa shape index (κ3) is 5.71. The highest BCUT2D eigenvalue weighted by molar-refractivity contribution is 5.93. The number of rotatable bonds is 2. The number of benzene rings is 1. The molecule has 1 atom stereocenters. The zero-order valence-electron chi connectivity index (χ0n) is 21.2. The van der Waals surface area contributed by atoms with Crippen molar-refractivity contribution in [2.24, 2.45) is 0 Å². The van der Waals surface area contributed by atoms with Crippen molar-refractivity contribution in [2.75, 3.05) is 24.5 Å². The minimum atomic E-state index is -4.68. The number of carbonyl (C=O) groups is 1. The van der Waals surface area contributed by atoms with Crippen molar-refractivity contribution in [3.8, 4) is 5.69 Å². The van der Waals surface area contributed by atoms with Crippen molar-refractivity contribution in [1.29, 1.82) is 0 Å². The molecule has 0 aliphatic carbocycles. The molecule has 3 aromatic rings. The molecule has 0 N–H and O–H groups in total. The second-order valence-corrected chi connectivity index (χ2v) is 9.26. The Balaban J connectivity index is 0.00000176. The van der Waals surface area contributed by atoms with Crippen LogP contribution in [0.25, 0.3) is 16.7 Å². The maximum atomic E-state index is 14.0. The lowest BCUT2D eigenvalue weighted by Gasteiger charge is -2.40. The molecular weight excluding hydrogens is 478 g/mol. The van der Waals surface area contributed by atoms with E-state index in [4.69, 9.17) is 4.74 Å². The van der Waals surface area contributed by atoms with Crippen LogP contribution in [-0.2, 0) is 10.9 Å². The summed E-state index contributed by atoms with van der Waals surface area (Å²) in [5.74, 6) is -0.461. The number of hydrogen-bond acceptors (Lipinski definition) is 5. The van der Waals surface area contributed by atoms with Crippen LogP contribution in [0.2, 0.25) is 0 Å². The lowest BCUT2D eigenvalue weighted by atomic mass is 10.1. The zero-order valence-corrected chi connectivity index (χ0v) is 21.2. The number of hydrogen-bond donors (Lipinski definition) is 0. The molecule has 36 heavy (non-hydrogen) atoms. The summed E-state index contributed by atoms with van der Waals surface area (Å²) in [6.07, 6.45) is -3.04. The van der Waals surface area contributed by atoms with Gasteiger partial charge in [-0.05, 0) is 45.9 Å². The highest BCUT2D eigenvalue weighted by atomic mass is 19.4. The largest absolute Gasteiger partial charge is 0.444 e. The first-order valence-electron chi connectivity index (χ1n) is 11.8. The van der Waals surface area contributed by atoms with Gasteiger partial charge in [0.25, 0.3) is 0 Å². The van der Waals surface area contributed by atoms with Crippen LogP contribution >= 0.6 is 0 Å². The molecule has 1 aromatic carbocycles. The second-order valence-electron chi connectivity index (χ2n) is 9.26. The molecule has 0 saturated carbocycles. The fourth-order valence-corrected chi connectivity index (χ4v) is 4.06. The van der Waals surface area contributed by atoms with Gasteiger partial charge >= 0.3 is 12.3 Å². The molecule has 3 heterocycles. The molecule has 1 unspecified atom stereocenters. The van der Waals surface area contributed by atoms with Gasteiger partial charge in [-0.25, -0.2) is 19.2 Å². The summed E-state index contributed by atoms with van der Waals surface area (Å²) < 4.78 is 62.6. The van der Waals surface area contributed by atoms with Crippen molar-refractivity contribution >= 4 is 22.9 Å². The molecule has 1 aliphatic heterocycles. The van der Waals surface area contributed by atoms with Gasteiger partial charge in [-0.3, -0.25) is 0 Å². The first-order valence-corrected chi connectivity index (χ1v) is 11.8. The van der Waals surface area contributed by atoms with Crippen LogP contribution in [0.3, 0.4) is 0 Å². The Bertz CT molecular complexity index is 1220. The summed E-state index contributed by atoms with van der Waals surface area (Å²) in [6, 6.07) is 4.96. The van der Waals surface area contributed by atoms with E-state index in [1.165, 1.54) is 29.1 Å². The zero-order chi connectivity index (χ0) is 26.8. The van der Waals surface area contributed by atoms with E-state index in [2.05, 4.69) is 9.97 Å². The van der Waals surface area contributed by atoms with Gasteiger partial charge in [0.2, 0.25) is 0 Å². The first-order chi connectivity index (χ1) is 16.8. The summed E-state index contributed by atoms with van der Waals surface area (Å²) in [6.45, 7) is 11.9. The Morgan fingerprint density at radius 3 is 2.39 bits per heavy atom. The fraction of sp³-hybridized carbons (Fsp3) is 0.480. The predicted molar refractivity (Wildman–Crippen MR) is 130 cm³/mol. The third-order valence-corrected chi connectivity index (χ3v) is 5.51. The lowest BCUT2D eigenvalue weighted by molar-refractivity contribution is -0.136. The minimum absolute atomic E-state index is 0.0187. The Kier molecular flexibility index (Phi) is 7.80. The van der Waals surface area contributed by atoms with Crippen molar-refractivity contribution in [3.63, 3.8) is 0 Å². The number of ether oxygens (including phenoxy) is 1. The number of amides is 1. The average Bonchev–Trinajstić information content (AvgIpc) is 3.19. The van der Waals surface area contributed by atoms with Gasteiger partial charge in [0, 0.05) is 37.6 Å². The van der Waals surface area contributed by atoms with E-state index in [1.807, 2.05) is 13.8 Å². The molecule has 4 rings (SSSR count). The predicted octanol–water partition coefficient (Wildman–Crippen LogP) is 6.05. The monoisotopic (exact) mass is 509 g/mol. The topological polar surface area (TPSA) is 63.5 Å². The summed E-state index contributed by atoms with van der Waals surface area (Å²) in [5, 5.41) is -0.169. The number of anilines is 1. The van der Waals surface area contributed by atoms with Crippen LogP contribution in [0, 0.1) is 5.82 Å². The van der Waals surface area contributed by atoms with Crippen LogP contribution in [0.4, 0.5) is 28.2 Å². The summed E-state index contributed by atoms with van der Waals surface area (Å²) >= 11 is 0. The van der Waals surface area contributed by atoms with E-state index >= 15 is 0 Å². The molecular formula is C25H31F4N5O2. The number of fused-ring (bicyclic) bond motifs is 1. The molecule has 0 bridgehead atoms. The van der Waals surface area contributed by atoms with Gasteiger partial charge in [0.05, 0.1) is 10.9 Å². The van der Waals surface area contributed by atoms with Crippen LogP contribution < -0.4 is 4.90 Å². The molecule has 1 fully saturated rings. The highest BCUT2D eigenvalue weighted by Crippen LogP contribution is 2.40. The van der Waals surface area contributed by atoms with Gasteiger partial charge in [0.15, 0.2) is 5.65 Å². The van der Waals surface area contributed by atoms with E-state index < -0.39 is 29.3 Å². The fourth-order valence-electron chi connectivity index (χ4n) is 4.06. The normalized spacial score (nSPS) is 16.6. The molecule has 0 radical (unpaired) electrons. The molecule has 1 aliphatic rings. The molecule has 7 nitrogen and oxygen atoms in total. The smallest absolute Gasteiger partial charge is 0.418 e. The number of aromatic nitrogens is 3. The standard InChI is InChI=1S/C23H25F4N5O2.C2H6/c1-14-11-30(8-9-31(14)21(33)34-22(2,3)4)19-18-17(23(25,26)27)12-32(20(18)29-13-28-19)16-7-5-6-15(24)10-16;1-2/h5-7,10,12-14H,8-9,11H2,1-4H3;1-2H3. The molecule has 1 saturated heterocycles. The van der Waals surface area contributed by atoms with E-state index in [-0.39, 0.29) is 48.2 Å². The van der Waals surface area contributed by atoms with Crippen molar-refractivity contribution in [3.05, 3.63) is 48.2 Å². The number of nitrogens with zero attached hydrogens (tertiary/aromatic N) is 5. The van der Waals surface area contributed by atoms with Crippen molar-refractivity contribution in [2.45, 2.75) is 59.4 Å². The third-order valence-electron chi connectivity index (χ3n) is 5.51. The van der Waals surface area contributed by atoms with E-state index in [0.29, 0.717) is 0 Å². The van der Waals surface area contributed by atoms with E-state index in [0.717, 1.165) is 12.3 Å². The van der Waals surface area contributed by atoms with Crippen LogP contribution in [0.15, 0.2) is 36.8 Å². The van der Waals surface area contributed by atoms with Crippen LogP contribution in [0.1, 0.15) is 47.1 Å². The lowest BCUT2D eigenvalue weighted by Crippen LogP contribution is -2.55. The Morgan fingerprint density at radius 2 is 1.81 bits per heavy atom. The summed E-state index contributed by atoms with van der Waals surface area (Å²) in [4.78, 5) is 24.1. The van der Waals surface area contributed by atoms with Crippen LogP contribution in [0.5, 0.6) is 0 Å². The summed E-state index contributed by atoms with van der Waals surface area (Å²) in [5.41, 5.74) is -1.34. The van der Waals surface area contributed by atoms with Gasteiger partial charge in [-0.1, -0.05) is 19.9 Å². The molecule has 196 valence electrons. The molecule has 1 amide bonds. The highest BCUT2D eigenvalue weighted by Gasteiger charge is 2.39. The maximum absolute atomic E-state index is 14.0. The Labute approximate surface area is 207 Å². The quantitative estimate of drug-likeness (QED) is 0.394. The summed E-state index contributed by atoms with van der Waals surface area (Å²) in [7, 11) is 0. The maximum Gasteiger partial charge on any atom is 0.418 e. The SMILES string of the molecule is CC.CC1CN(c2ncnc3c2c(C(F)(F)F)cn3-c2cccc(F)c2)CCN1C(=O)OC(C)(C)C. The first kappa shape index (κ1) is 27.2. The van der Waals surface area contributed by atoms with Gasteiger partial charge in [0.1, 0.15) is 23.6 Å². The molecule has 0 spiro atoms. The second kappa shape index (κ2) is 10.3. The number of halogens is 4. The van der Waals surface area contributed by atoms with Gasteiger partial charge in [-0.2, -0.15) is 13.2 Å². The molecule has 2 aromatic heterocycles. The Morgan fingerprint density at radius 1 is 1.11 bits per heavy atom. The molecule has 11 heteroatoms. The number of carbonyl (C=O) groups excluding carboxylic acids is 1. The Hall–Kier alpha value is -3.37. The minimum Gasteiger partial charge on any atom is -0.444 e. The van der Waals surface area contributed by atoms with Crippen molar-refractivity contribution in [1.82, 2.24) is 19.4 Å². The van der Waals surface area contributed by atoms with E-state index in [1.54, 1.807) is 37.5 Å². The van der Waals surface area contributed by atoms with Crippen molar-refractivity contribution < 1.29 is 27.1 Å². The average molecular weight is 510 g/mol. The van der Waals surface area contributed by atoms with Gasteiger partial charge < -0.3 is 19.1 Å². The van der Waals surface area contributed by atoms with E-state index in [9.17, 15) is 22.4 Å². The number of piperazine rings is 1. The number of alkyl halides is 3. The van der Waals surface area contributed by atoms with Crippen LogP contribution in [-0.4, -0.2) is 56.8 Å².